The number of ketones is 2. The molecule has 8 bridgehead atoms. The van der Waals surface area contributed by atoms with E-state index in [1.54, 1.807) is 123 Å². The van der Waals surface area contributed by atoms with Gasteiger partial charge in [-0.1, -0.05) is 105 Å². The average molecular weight is 1780 g/mol. The van der Waals surface area contributed by atoms with Crippen LogP contribution in [0.4, 0.5) is 22.7 Å². The van der Waals surface area contributed by atoms with Gasteiger partial charge in [0, 0.05) is 162 Å². The number of carbonyl (C=O) groups excluding carboxylic acids is 5. The first-order valence-electron chi connectivity index (χ1n) is 40.3. The number of phenols is 2. The summed E-state index contributed by atoms with van der Waals surface area (Å²) in [6, 6.07) is 10.5. The third-order valence-electron chi connectivity index (χ3n) is 23.4. The fourth-order valence-electron chi connectivity index (χ4n) is 15.8. The average Bonchev–Trinajstić information content (AvgIpc) is 1.62. The van der Waals surface area contributed by atoms with Crippen molar-refractivity contribution in [1.29, 1.82) is 0 Å². The summed E-state index contributed by atoms with van der Waals surface area (Å²) in [7, 11) is 16.1. The van der Waals surface area contributed by atoms with Gasteiger partial charge >= 0.3 is 47.1 Å². The maximum absolute atomic E-state index is 14.6. The van der Waals surface area contributed by atoms with E-state index in [1.807, 2.05) is 51.3 Å². The molecule has 2 amide bonds. The van der Waals surface area contributed by atoms with Crippen LogP contribution in [0.15, 0.2) is 127 Å². The molecule has 674 valence electrons. The number of hydrogen-bond acceptors (Lipinski definition) is 29. The first-order chi connectivity index (χ1) is 58.0. The van der Waals surface area contributed by atoms with E-state index in [0.29, 0.717) is 16.6 Å². The molecule has 31 nitrogen and oxygen atoms in total. The van der Waals surface area contributed by atoms with Crippen molar-refractivity contribution in [2.45, 2.75) is 164 Å². The number of nitrogens with one attached hydrogen (secondary N) is 2. The van der Waals surface area contributed by atoms with Crippen LogP contribution < -0.4 is 70.3 Å². The zero-order valence-electron chi connectivity index (χ0n) is 75.5. The van der Waals surface area contributed by atoms with Crippen molar-refractivity contribution in [1.82, 2.24) is 9.97 Å². The molecule has 6 aromatic carbocycles. The molecule has 12 rings (SSSR count). The maximum atomic E-state index is 14.6. The Kier molecular flexibility index (Phi) is 36.4. The number of rotatable bonds is 5. The van der Waals surface area contributed by atoms with Gasteiger partial charge in [0.25, 0.3) is 23.4 Å². The minimum absolute atomic E-state index is 0. The van der Waals surface area contributed by atoms with E-state index in [1.165, 1.54) is 92.6 Å². The Morgan fingerprint density at radius 1 is 0.512 bits per heavy atom. The number of phenolic OH excluding ortho intramolecular Hbond substituents is 2. The Hall–Kier alpha value is -9.27. The van der Waals surface area contributed by atoms with Crippen molar-refractivity contribution in [3.63, 3.8) is 0 Å². The van der Waals surface area contributed by atoms with Crippen molar-refractivity contribution in [2.24, 2.45) is 47.3 Å². The molecule has 11 N–H and O–H groups in total. The van der Waals surface area contributed by atoms with Crippen LogP contribution in [0.25, 0.3) is 65.9 Å². The number of nitrogens with zero attached hydrogens (tertiary/aromatic N) is 4. The third-order valence-corrected chi connectivity index (χ3v) is 23.4. The molecule has 2 unspecified atom stereocenters. The number of aromatic hydroxyl groups is 2. The van der Waals surface area contributed by atoms with Crippen LogP contribution in [0, 0.1) is 61.2 Å². The maximum Gasteiger partial charge on any atom is 1.00 e. The predicted octanol–water partition coefficient (Wildman–Crippen LogP) is 8.97. The van der Waals surface area contributed by atoms with E-state index in [0.717, 1.165) is 18.5 Å². The van der Waals surface area contributed by atoms with Gasteiger partial charge in [-0.15, -0.1) is 18.5 Å². The number of anilines is 4. The summed E-state index contributed by atoms with van der Waals surface area (Å²) in [5, 5.41) is 92.4. The SMILES string of the molecule is CO.CO[C@H]1/C=C/O[C@@]2(C)Oc3c(C)c(=O)c4c(O)c(c5oc6ccc(N(C)C)cc6nc5c4c3C2=O)NC(=O)/C(C)=C\C=C\[C@H](C)[C@H](O)[C@@H](C)[C@@H](O)[C@@H](C)[C@H](O)[C@@H]1C.CO[C@H]1/C=C/O[C@@]2(C)Oc3c(C)c(=O)c4c(O)c(c5oc6ccc(N(C)C)cc6nc5c4c3C2=O)NC(=O)/C(C)=C\C=C\[C@H](C)[C@H](O)[C@@H](C)[C@@H](O)[C@@H](C)[C@H](OC(C)=O)[C@@H]1C.CP.CP.[Na+].[OH-]. The van der Waals surface area contributed by atoms with E-state index in [4.69, 9.17) is 57.1 Å². The second-order valence-corrected chi connectivity index (χ2v) is 32.0. The molecular formula is C91H119N6NaO25P2. The van der Waals surface area contributed by atoms with Gasteiger partial charge in [0.15, 0.2) is 44.7 Å². The Bertz CT molecular complexity index is 5670. The number of esters is 1. The van der Waals surface area contributed by atoms with Gasteiger partial charge in [0.1, 0.15) is 51.0 Å². The van der Waals surface area contributed by atoms with Crippen LogP contribution in [0.2, 0.25) is 0 Å². The van der Waals surface area contributed by atoms with Crippen LogP contribution in [-0.2, 0) is 38.1 Å². The van der Waals surface area contributed by atoms with Crippen LogP contribution in [0.3, 0.4) is 0 Å². The van der Waals surface area contributed by atoms with Crippen molar-refractivity contribution >= 4 is 137 Å². The molecule has 4 aliphatic heterocycles. The Balaban J connectivity index is 0.000000360. The molecule has 2 aromatic heterocycles. The van der Waals surface area contributed by atoms with E-state index in [-0.39, 0.29) is 141 Å². The van der Waals surface area contributed by atoms with Gasteiger partial charge in [-0.25, -0.2) is 9.97 Å². The molecular weight excluding hydrogens is 1660 g/mol. The summed E-state index contributed by atoms with van der Waals surface area (Å²) in [5.74, 6) is -13.6. The fraction of sp³-hybridized carbons (Fsp3) is 0.462. The molecule has 0 fully saturated rings. The van der Waals surface area contributed by atoms with Gasteiger partial charge in [-0.2, -0.15) is 0 Å². The number of benzene rings is 6. The van der Waals surface area contributed by atoms with Gasteiger partial charge in [-0.3, -0.25) is 33.6 Å². The number of aliphatic hydroxyl groups is 6. The molecule has 20 atom stereocenters. The quantitative estimate of drug-likeness (QED) is 0.0192. The van der Waals surface area contributed by atoms with Crippen LogP contribution in [0.5, 0.6) is 23.0 Å². The normalized spacial score (nSPS) is 28.5. The third kappa shape index (κ3) is 20.8. The van der Waals surface area contributed by atoms with Crippen molar-refractivity contribution < 1.29 is 142 Å². The predicted molar refractivity (Wildman–Crippen MR) is 484 cm³/mol. The molecule has 4 aliphatic rings. The molecule has 0 saturated heterocycles. The van der Waals surface area contributed by atoms with E-state index >= 15 is 0 Å². The minimum atomic E-state index is -2.03. The van der Waals surface area contributed by atoms with Crippen LogP contribution in [0.1, 0.15) is 122 Å². The van der Waals surface area contributed by atoms with E-state index < -0.39 is 159 Å². The van der Waals surface area contributed by atoms with Crippen LogP contribution in [-0.4, -0.2) is 209 Å². The molecule has 0 spiro atoms. The molecule has 0 aliphatic carbocycles. The molecule has 125 heavy (non-hydrogen) atoms. The fourth-order valence-corrected chi connectivity index (χ4v) is 15.8. The van der Waals surface area contributed by atoms with Gasteiger partial charge in [0.2, 0.25) is 0 Å². The number of aromatic nitrogens is 2. The number of aliphatic hydroxyl groups excluding tert-OH is 6. The van der Waals surface area contributed by atoms with Gasteiger partial charge < -0.3 is 109 Å². The van der Waals surface area contributed by atoms with Gasteiger partial charge in [0.05, 0.1) is 77.2 Å². The number of hydrogen-bond donors (Lipinski definition) is 10. The molecule has 34 heteroatoms. The summed E-state index contributed by atoms with van der Waals surface area (Å²) in [4.78, 5) is 111. The second kappa shape index (κ2) is 43.5. The summed E-state index contributed by atoms with van der Waals surface area (Å²) >= 11 is 0. The number of Topliss-reactive ketones (excluding diaryl/α,β-unsaturated/α-hetero) is 2. The number of methoxy groups -OCH3 is 2. The summed E-state index contributed by atoms with van der Waals surface area (Å²) in [6.07, 6.45) is 7.22. The molecule has 0 radical (unpaired) electrons. The van der Waals surface area contributed by atoms with Crippen molar-refractivity contribution in [2.75, 3.05) is 83.3 Å². The van der Waals surface area contributed by atoms with Gasteiger partial charge in [-0.05, 0) is 76.2 Å². The smallest absolute Gasteiger partial charge is 0.870 e. The number of amides is 2. The topological polar surface area (TPSA) is 459 Å². The Morgan fingerprint density at radius 3 is 1.21 bits per heavy atom. The van der Waals surface area contributed by atoms with E-state index in [2.05, 4.69) is 29.1 Å². The number of carbonyl (C=O) groups is 5. The number of fused-ring (bicyclic) bond motifs is 4. The molecule has 8 aromatic rings. The largest absolute Gasteiger partial charge is 1.00 e. The summed E-state index contributed by atoms with van der Waals surface area (Å²) in [6.45, 7) is 27.7. The second-order valence-electron chi connectivity index (χ2n) is 32.0. The van der Waals surface area contributed by atoms with Crippen molar-refractivity contribution in [3.8, 4) is 23.0 Å². The first-order valence-corrected chi connectivity index (χ1v) is 42.6. The Morgan fingerprint density at radius 2 is 0.856 bits per heavy atom. The molecule has 0 saturated carbocycles. The summed E-state index contributed by atoms with van der Waals surface area (Å²) in [5.41, 5.74) is 1.11. The van der Waals surface area contributed by atoms with Crippen molar-refractivity contribution in [3.05, 3.63) is 151 Å². The number of allylic oxidation sites excluding steroid dienone is 4. The zero-order valence-corrected chi connectivity index (χ0v) is 79.8. The molecule has 6 heterocycles. The standard InChI is InChI=1S/C45H53N3O12.C43H51N3O11.CH4O.2CH5P.Na.H2O/c1-20-13-12-14-21(2)44(55)47-35-39(53)32-31(34-42(35)59-30-16-15-27(48(9)10)19-28(30)46-34)33-41(25(6)38(32)52)60-45(8,43(33)54)57-18-17-29(56-11)22(3)40(58-26(7)49)24(5)37(51)23(4)36(20)50;1-19-12-11-13-20(2)42(53)45-33-38(51)30-29(32-40(33)56-28-15-14-25(46(8)9)18-26(28)44-32)31-39(24(6)37(30)50)57-43(7,41(31)52)55-17-16-27(54-10)21(3)35(48)23(5)36(49)22(4)34(19)47;3*1-2;;/h12-20,22-24,29,36-37,40,50-51,53H,1-11H3,(H,47,55);11-19,21-23,27,34-36,47-49,51H,1-10H3,(H,45,53);2H,1H3;2*2H2,1H3;;1H2/q;;;;;+1;/p-1/b13-12+,18-17+,21-14-;12-11+,17-16+,20-13-;;;;;/t20-,22+,23+,24+,29-,36-,37+,40+,45-;19-,21+,22+,23-,27-,34-,35+,36+,43-;;;;;/m00...../s1. The first kappa shape index (κ1) is 105. The minimum Gasteiger partial charge on any atom is -0.870 e. The van der Waals surface area contributed by atoms with E-state index in [9.17, 15) is 69.3 Å². The van der Waals surface area contributed by atoms with Crippen LogP contribution >= 0.6 is 18.5 Å². The number of ether oxygens (including phenoxy) is 7. The Labute approximate surface area is 752 Å². The summed E-state index contributed by atoms with van der Waals surface area (Å²) < 4.78 is 54.4. The monoisotopic (exact) mass is 1780 g/mol. The zero-order chi connectivity index (χ0) is 92.0.